The highest BCUT2D eigenvalue weighted by atomic mass is 16.6. The number of amides is 1. The van der Waals surface area contributed by atoms with Crippen molar-refractivity contribution in [2.45, 2.75) is 26.3 Å². The van der Waals surface area contributed by atoms with Gasteiger partial charge in [-0.25, -0.2) is 0 Å². The number of nitro groups is 1. The highest BCUT2D eigenvalue weighted by Gasteiger charge is 2.20. The number of benzene rings is 1. The summed E-state index contributed by atoms with van der Waals surface area (Å²) in [7, 11) is 0. The normalized spacial score (nSPS) is 10.3. The molecule has 110 valence electrons. The van der Waals surface area contributed by atoms with Crippen LogP contribution in [0.5, 0.6) is 0 Å². The molecule has 0 bridgehead atoms. The van der Waals surface area contributed by atoms with E-state index in [9.17, 15) is 14.9 Å². The monoisotopic (exact) mass is 290 g/mol. The number of para-hydroxylation sites is 1. The van der Waals surface area contributed by atoms with Crippen LogP contribution >= 0.6 is 0 Å². The van der Waals surface area contributed by atoms with Crippen molar-refractivity contribution in [2.75, 3.05) is 5.32 Å². The average Bonchev–Trinajstić information content (AvgIpc) is 2.92. The maximum atomic E-state index is 12.0. The average molecular weight is 290 g/mol. The molecule has 21 heavy (non-hydrogen) atoms. The standard InChI is InChI=1S/C12H14N6O3/c1-2-3-8-17-15-12(14-16-17)13-11(19)9-6-4-5-7-10(9)18(20)21/h4-7H,2-3,8H2,1H3,(H,13,15,19). The first-order valence-electron chi connectivity index (χ1n) is 6.44. The lowest BCUT2D eigenvalue weighted by Crippen LogP contribution is -2.15. The Labute approximate surface area is 120 Å². The number of carbonyl (C=O) groups is 1. The smallest absolute Gasteiger partial charge is 0.282 e. The van der Waals surface area contributed by atoms with Crippen molar-refractivity contribution in [1.29, 1.82) is 0 Å². The van der Waals surface area contributed by atoms with E-state index in [1.54, 1.807) is 6.07 Å². The second kappa shape index (κ2) is 6.55. The number of nitrogens with zero attached hydrogens (tertiary/aromatic N) is 5. The molecule has 2 rings (SSSR count). The summed E-state index contributed by atoms with van der Waals surface area (Å²) in [6.07, 6.45) is 1.88. The number of anilines is 1. The lowest BCUT2D eigenvalue weighted by Gasteiger charge is -2.01. The van der Waals surface area contributed by atoms with E-state index in [1.807, 2.05) is 6.92 Å². The first-order valence-corrected chi connectivity index (χ1v) is 6.44. The van der Waals surface area contributed by atoms with Crippen LogP contribution in [-0.4, -0.2) is 31.0 Å². The van der Waals surface area contributed by atoms with Crippen LogP contribution in [-0.2, 0) is 6.54 Å². The summed E-state index contributed by atoms with van der Waals surface area (Å²) >= 11 is 0. The van der Waals surface area contributed by atoms with Crippen molar-refractivity contribution < 1.29 is 9.72 Å². The lowest BCUT2D eigenvalue weighted by molar-refractivity contribution is -0.385. The first-order chi connectivity index (χ1) is 10.1. The summed E-state index contributed by atoms with van der Waals surface area (Å²) in [5.41, 5.74) is -0.319. The molecule has 2 aromatic rings. The predicted octanol–water partition coefficient (Wildman–Crippen LogP) is 1.63. The van der Waals surface area contributed by atoms with E-state index in [2.05, 4.69) is 20.7 Å². The van der Waals surface area contributed by atoms with E-state index in [4.69, 9.17) is 0 Å². The van der Waals surface area contributed by atoms with Crippen LogP contribution in [0.15, 0.2) is 24.3 Å². The Bertz CT molecular complexity index is 654. The molecule has 1 heterocycles. The molecule has 0 saturated carbocycles. The molecule has 1 amide bonds. The molecule has 0 radical (unpaired) electrons. The number of rotatable bonds is 6. The predicted molar refractivity (Wildman–Crippen MR) is 73.8 cm³/mol. The van der Waals surface area contributed by atoms with Gasteiger partial charge in [0.25, 0.3) is 17.5 Å². The van der Waals surface area contributed by atoms with Crippen LogP contribution in [0.4, 0.5) is 11.6 Å². The van der Waals surface area contributed by atoms with Gasteiger partial charge in [0, 0.05) is 6.07 Å². The molecule has 0 atom stereocenters. The van der Waals surface area contributed by atoms with Gasteiger partial charge in [0.1, 0.15) is 5.56 Å². The number of carbonyl (C=O) groups excluding carboxylic acids is 1. The Hall–Kier alpha value is -2.84. The topological polar surface area (TPSA) is 116 Å². The molecule has 0 unspecified atom stereocenters. The molecule has 9 nitrogen and oxygen atoms in total. The van der Waals surface area contributed by atoms with Gasteiger partial charge in [-0.15, -0.1) is 5.10 Å². The molecular formula is C12H14N6O3. The Morgan fingerprint density at radius 3 is 2.90 bits per heavy atom. The van der Waals surface area contributed by atoms with Gasteiger partial charge in [-0.1, -0.05) is 30.6 Å². The fourth-order valence-electron chi connectivity index (χ4n) is 1.68. The molecule has 0 saturated heterocycles. The molecule has 1 aromatic heterocycles. The molecular weight excluding hydrogens is 276 g/mol. The van der Waals surface area contributed by atoms with Gasteiger partial charge in [-0.05, 0) is 17.7 Å². The fourth-order valence-corrected chi connectivity index (χ4v) is 1.68. The third-order valence-electron chi connectivity index (χ3n) is 2.74. The number of aromatic nitrogens is 4. The summed E-state index contributed by atoms with van der Waals surface area (Å²) in [5.74, 6) is -0.619. The molecule has 0 spiro atoms. The largest absolute Gasteiger partial charge is 0.288 e. The fraction of sp³-hybridized carbons (Fsp3) is 0.333. The minimum atomic E-state index is -0.641. The van der Waals surface area contributed by atoms with Gasteiger partial charge in [0.15, 0.2) is 0 Å². The summed E-state index contributed by atoms with van der Waals surface area (Å²) in [4.78, 5) is 23.7. The zero-order chi connectivity index (χ0) is 15.2. The minimum absolute atomic E-state index is 0.0225. The van der Waals surface area contributed by atoms with Gasteiger partial charge in [0.05, 0.1) is 11.5 Å². The van der Waals surface area contributed by atoms with Crippen molar-refractivity contribution in [1.82, 2.24) is 20.2 Å². The van der Waals surface area contributed by atoms with Crippen LogP contribution in [0, 0.1) is 10.1 Å². The molecule has 9 heteroatoms. The zero-order valence-electron chi connectivity index (χ0n) is 11.4. The number of nitro benzene ring substituents is 1. The Morgan fingerprint density at radius 2 is 2.19 bits per heavy atom. The van der Waals surface area contributed by atoms with Crippen molar-refractivity contribution in [3.63, 3.8) is 0 Å². The van der Waals surface area contributed by atoms with Crippen LogP contribution in [0.3, 0.4) is 0 Å². The summed E-state index contributed by atoms with van der Waals surface area (Å²) in [5, 5.41) is 24.7. The third kappa shape index (κ3) is 3.59. The number of tetrazole rings is 1. The summed E-state index contributed by atoms with van der Waals surface area (Å²) in [6.45, 7) is 2.64. The van der Waals surface area contributed by atoms with E-state index in [1.165, 1.54) is 23.0 Å². The highest BCUT2D eigenvalue weighted by Crippen LogP contribution is 2.18. The maximum Gasteiger partial charge on any atom is 0.282 e. The number of nitrogens with one attached hydrogen (secondary N) is 1. The summed E-state index contributed by atoms with van der Waals surface area (Å²) in [6, 6.07) is 5.68. The van der Waals surface area contributed by atoms with Crippen LogP contribution in [0.2, 0.25) is 0 Å². The molecule has 1 N–H and O–H groups in total. The van der Waals surface area contributed by atoms with Crippen molar-refractivity contribution in [2.24, 2.45) is 0 Å². The van der Waals surface area contributed by atoms with Gasteiger partial charge in [-0.3, -0.25) is 20.2 Å². The van der Waals surface area contributed by atoms with E-state index in [-0.39, 0.29) is 17.2 Å². The Morgan fingerprint density at radius 1 is 1.43 bits per heavy atom. The first kappa shape index (κ1) is 14.6. The maximum absolute atomic E-state index is 12.0. The van der Waals surface area contributed by atoms with Gasteiger partial charge < -0.3 is 0 Å². The number of hydrogen-bond donors (Lipinski definition) is 1. The van der Waals surface area contributed by atoms with E-state index in [0.29, 0.717) is 6.54 Å². The Kier molecular flexibility index (Phi) is 4.54. The zero-order valence-corrected chi connectivity index (χ0v) is 11.4. The van der Waals surface area contributed by atoms with Crippen LogP contribution in [0.25, 0.3) is 0 Å². The highest BCUT2D eigenvalue weighted by molar-refractivity contribution is 6.06. The SMILES string of the molecule is CCCCn1nnc(NC(=O)c2ccccc2[N+](=O)[O-])n1. The second-order valence-electron chi connectivity index (χ2n) is 4.29. The van der Waals surface area contributed by atoms with Gasteiger partial charge in [0.2, 0.25) is 0 Å². The molecule has 1 aromatic carbocycles. The molecule has 0 fully saturated rings. The van der Waals surface area contributed by atoms with Crippen molar-refractivity contribution in [3.05, 3.63) is 39.9 Å². The van der Waals surface area contributed by atoms with E-state index < -0.39 is 10.8 Å². The Balaban J connectivity index is 2.11. The van der Waals surface area contributed by atoms with Crippen LogP contribution < -0.4 is 5.32 Å². The molecule has 0 aliphatic carbocycles. The van der Waals surface area contributed by atoms with Gasteiger partial charge >= 0.3 is 0 Å². The second-order valence-corrected chi connectivity index (χ2v) is 4.29. The number of unbranched alkanes of at least 4 members (excludes halogenated alkanes) is 1. The number of aryl methyl sites for hydroxylation is 1. The van der Waals surface area contributed by atoms with Gasteiger partial charge in [-0.2, -0.15) is 4.80 Å². The number of hydrogen-bond acceptors (Lipinski definition) is 6. The van der Waals surface area contributed by atoms with E-state index in [0.717, 1.165) is 12.8 Å². The third-order valence-corrected chi connectivity index (χ3v) is 2.74. The van der Waals surface area contributed by atoms with Crippen LogP contribution in [0.1, 0.15) is 30.1 Å². The van der Waals surface area contributed by atoms with Crippen molar-refractivity contribution >= 4 is 17.5 Å². The quantitative estimate of drug-likeness (QED) is 0.638. The molecule has 0 aliphatic heterocycles. The summed E-state index contributed by atoms with van der Waals surface area (Å²) < 4.78 is 0. The van der Waals surface area contributed by atoms with E-state index >= 15 is 0 Å². The molecule has 0 aliphatic rings. The lowest BCUT2D eigenvalue weighted by atomic mass is 10.1. The minimum Gasteiger partial charge on any atom is -0.288 e. The van der Waals surface area contributed by atoms with Crippen molar-refractivity contribution in [3.8, 4) is 0 Å².